The topological polar surface area (TPSA) is 3.88 Å². The molecule has 128 valence electrons. The number of halogens is 10. The number of pyridine rings is 1. The van der Waals surface area contributed by atoms with Crippen LogP contribution in [0.5, 0.6) is 0 Å². The van der Waals surface area contributed by atoms with E-state index in [1.807, 2.05) is 0 Å². The smallest absolute Gasteiger partial charge is 0.460 e. The van der Waals surface area contributed by atoms with E-state index in [0.717, 1.165) is 4.57 Å². The molecule has 0 bridgehead atoms. The van der Waals surface area contributed by atoms with E-state index in [0.29, 0.717) is 0 Å². The van der Waals surface area contributed by atoms with Crippen LogP contribution in [0.3, 0.4) is 0 Å². The first-order valence-corrected chi connectivity index (χ1v) is 5.47. The fraction of sp³-hybridized carbons (Fsp3) is 0.545. The molecule has 22 heavy (non-hydrogen) atoms. The lowest BCUT2D eigenvalue weighted by molar-refractivity contribution is -0.700. The predicted octanol–water partition coefficient (Wildman–Crippen LogP) is 0.836. The number of aryl methyl sites for hydroxylation is 1. The molecule has 0 aliphatic carbocycles. The monoisotopic (exact) mass is 361 g/mol. The minimum atomic E-state index is -6.83. The number of hydrogen-bond donors (Lipinski definition) is 0. The third-order valence-corrected chi connectivity index (χ3v) is 2.67. The molecule has 0 radical (unpaired) electrons. The van der Waals surface area contributed by atoms with Crippen molar-refractivity contribution in [1.82, 2.24) is 0 Å². The zero-order valence-electron chi connectivity index (χ0n) is 10.5. The van der Waals surface area contributed by atoms with Gasteiger partial charge in [-0.05, 0) is 0 Å². The van der Waals surface area contributed by atoms with Crippen molar-refractivity contribution >= 4 is 0 Å². The summed E-state index contributed by atoms with van der Waals surface area (Å²) in [4.78, 5) is 0. The zero-order valence-corrected chi connectivity index (χ0v) is 11.3. The first kappa shape index (κ1) is 20.8. The van der Waals surface area contributed by atoms with Crippen molar-refractivity contribution in [2.75, 3.05) is 0 Å². The van der Waals surface area contributed by atoms with E-state index in [2.05, 4.69) is 0 Å². The second-order valence-corrected chi connectivity index (χ2v) is 4.21. The Morgan fingerprint density at radius 2 is 1.14 bits per heavy atom. The summed E-state index contributed by atoms with van der Waals surface area (Å²) in [6.07, 6.45) is -6.30. The standard InChI is InChI=1S/C11H9F9N.ClH/c12-8(13,4-7-21-5-2-1-3-6-21)9(14,15)10(16,17)11(18,19)20;/h1-3,5-6H,4,7H2;1H/q+1;/p-1. The van der Waals surface area contributed by atoms with Gasteiger partial charge >= 0.3 is 23.9 Å². The minimum absolute atomic E-state index is 0. The molecule has 1 rings (SSSR count). The maximum absolute atomic E-state index is 13.2. The van der Waals surface area contributed by atoms with Gasteiger partial charge in [0.2, 0.25) is 0 Å². The quantitative estimate of drug-likeness (QED) is 0.540. The third-order valence-electron chi connectivity index (χ3n) is 2.67. The van der Waals surface area contributed by atoms with E-state index >= 15 is 0 Å². The third kappa shape index (κ3) is 3.76. The minimum Gasteiger partial charge on any atom is -1.00 e. The van der Waals surface area contributed by atoms with E-state index in [-0.39, 0.29) is 12.4 Å². The van der Waals surface area contributed by atoms with Crippen LogP contribution < -0.4 is 17.0 Å². The number of alkyl halides is 9. The Morgan fingerprint density at radius 1 is 0.682 bits per heavy atom. The molecule has 0 aliphatic heterocycles. The molecular weight excluding hydrogens is 353 g/mol. The van der Waals surface area contributed by atoms with Crippen molar-refractivity contribution < 1.29 is 56.5 Å². The van der Waals surface area contributed by atoms with Gasteiger partial charge in [-0.2, -0.15) is 39.5 Å². The molecule has 0 N–H and O–H groups in total. The van der Waals surface area contributed by atoms with Crippen LogP contribution in [0, 0.1) is 0 Å². The highest BCUT2D eigenvalue weighted by molar-refractivity contribution is 4.99. The fourth-order valence-electron chi connectivity index (χ4n) is 1.42. The fourth-order valence-corrected chi connectivity index (χ4v) is 1.42. The van der Waals surface area contributed by atoms with Gasteiger partial charge < -0.3 is 12.4 Å². The van der Waals surface area contributed by atoms with Gasteiger partial charge in [-0.25, -0.2) is 4.57 Å². The van der Waals surface area contributed by atoms with Gasteiger partial charge in [0.1, 0.15) is 0 Å². The van der Waals surface area contributed by atoms with Crippen molar-refractivity contribution in [1.29, 1.82) is 0 Å². The van der Waals surface area contributed by atoms with Crippen molar-refractivity contribution in [3.05, 3.63) is 30.6 Å². The summed E-state index contributed by atoms with van der Waals surface area (Å²) in [7, 11) is 0. The Morgan fingerprint density at radius 3 is 1.55 bits per heavy atom. The number of rotatable bonds is 5. The SMILES string of the molecule is FC(F)(F)C(F)(F)C(F)(F)C(F)(F)CC[n+]1ccccc1.[Cl-]. The molecular formula is C11H9ClF9N. The Bertz CT molecular complexity index is 472. The summed E-state index contributed by atoms with van der Waals surface area (Å²) in [5.41, 5.74) is 0. The van der Waals surface area contributed by atoms with Crippen molar-refractivity contribution in [2.45, 2.75) is 36.9 Å². The lowest BCUT2D eigenvalue weighted by atomic mass is 10.0. The Kier molecular flexibility index (Phi) is 6.16. The zero-order chi connectivity index (χ0) is 16.5. The van der Waals surface area contributed by atoms with Gasteiger partial charge in [-0.1, -0.05) is 6.07 Å². The van der Waals surface area contributed by atoms with E-state index in [1.54, 1.807) is 0 Å². The second kappa shape index (κ2) is 6.51. The Hall–Kier alpha value is -1.19. The maximum Gasteiger partial charge on any atom is 0.460 e. The Balaban J connectivity index is 0.00000441. The largest absolute Gasteiger partial charge is 1.00 e. The highest BCUT2D eigenvalue weighted by atomic mass is 35.5. The summed E-state index contributed by atoms with van der Waals surface area (Å²) in [6.45, 7) is -0.850. The Labute approximate surface area is 125 Å². The highest BCUT2D eigenvalue weighted by Gasteiger charge is 2.81. The van der Waals surface area contributed by atoms with E-state index in [4.69, 9.17) is 0 Å². The van der Waals surface area contributed by atoms with Crippen LogP contribution in [0.2, 0.25) is 0 Å². The van der Waals surface area contributed by atoms with Crippen LogP contribution in [0.25, 0.3) is 0 Å². The van der Waals surface area contributed by atoms with Crippen LogP contribution in [0.15, 0.2) is 30.6 Å². The number of aromatic nitrogens is 1. The molecule has 0 amide bonds. The molecule has 0 unspecified atom stereocenters. The van der Waals surface area contributed by atoms with Gasteiger partial charge in [0.25, 0.3) is 0 Å². The number of nitrogens with zero attached hydrogens (tertiary/aromatic N) is 1. The highest BCUT2D eigenvalue weighted by Crippen LogP contribution is 2.53. The number of hydrogen-bond acceptors (Lipinski definition) is 0. The molecule has 1 aromatic heterocycles. The second-order valence-electron chi connectivity index (χ2n) is 4.21. The molecule has 0 aromatic carbocycles. The predicted molar refractivity (Wildman–Crippen MR) is 52.2 cm³/mol. The normalized spacial score (nSPS) is 13.7. The molecule has 0 spiro atoms. The van der Waals surface area contributed by atoms with E-state index < -0.39 is 36.9 Å². The van der Waals surface area contributed by atoms with Crippen LogP contribution in [-0.2, 0) is 6.54 Å². The first-order valence-electron chi connectivity index (χ1n) is 5.47. The molecule has 0 saturated heterocycles. The molecule has 0 aliphatic rings. The molecule has 0 saturated carbocycles. The molecule has 0 fully saturated rings. The van der Waals surface area contributed by atoms with Crippen LogP contribution in [0.1, 0.15) is 6.42 Å². The van der Waals surface area contributed by atoms with Crippen molar-refractivity contribution in [2.24, 2.45) is 0 Å². The van der Waals surface area contributed by atoms with Gasteiger partial charge in [0.15, 0.2) is 18.9 Å². The first-order chi connectivity index (χ1) is 9.33. The lowest BCUT2D eigenvalue weighted by Gasteiger charge is -2.33. The van der Waals surface area contributed by atoms with Crippen molar-refractivity contribution in [3.63, 3.8) is 0 Å². The maximum atomic E-state index is 13.2. The lowest BCUT2D eigenvalue weighted by Crippen LogP contribution is -3.00. The summed E-state index contributed by atoms with van der Waals surface area (Å²) in [5, 5.41) is 0. The van der Waals surface area contributed by atoms with Gasteiger partial charge in [-0.3, -0.25) is 0 Å². The van der Waals surface area contributed by atoms with E-state index in [1.165, 1.54) is 30.6 Å². The molecule has 0 atom stereocenters. The van der Waals surface area contributed by atoms with Crippen molar-refractivity contribution in [3.8, 4) is 0 Å². The summed E-state index contributed by atoms with van der Waals surface area (Å²) in [5.74, 6) is -18.9. The summed E-state index contributed by atoms with van der Waals surface area (Å²) < 4.78 is 114. The average molecular weight is 362 g/mol. The molecule has 1 nitrogen and oxygen atoms in total. The molecule has 1 heterocycles. The van der Waals surface area contributed by atoms with Crippen LogP contribution >= 0.6 is 0 Å². The molecule has 11 heteroatoms. The van der Waals surface area contributed by atoms with E-state index in [9.17, 15) is 39.5 Å². The van der Waals surface area contributed by atoms with Crippen LogP contribution in [-0.4, -0.2) is 23.9 Å². The van der Waals surface area contributed by atoms with Gasteiger partial charge in [0, 0.05) is 12.1 Å². The van der Waals surface area contributed by atoms with Crippen LogP contribution in [0.4, 0.5) is 39.5 Å². The van der Waals surface area contributed by atoms with Gasteiger partial charge in [0.05, 0.1) is 6.42 Å². The summed E-state index contributed by atoms with van der Waals surface area (Å²) in [6, 6.07) is 4.17. The average Bonchev–Trinajstić information content (AvgIpc) is 2.36. The molecule has 1 aromatic rings. The van der Waals surface area contributed by atoms with Gasteiger partial charge in [-0.15, -0.1) is 0 Å². The summed E-state index contributed by atoms with van der Waals surface area (Å²) >= 11 is 0.